The molecule has 118 valence electrons. The van der Waals surface area contributed by atoms with Crippen molar-refractivity contribution in [3.05, 3.63) is 71.2 Å². The first-order valence-electron chi connectivity index (χ1n) is 7.34. The smallest absolute Gasteiger partial charge is 0.253 e. The second-order valence-electron chi connectivity index (χ2n) is 5.50. The molecule has 1 aromatic heterocycles. The van der Waals surface area contributed by atoms with E-state index in [0.29, 0.717) is 5.52 Å². The number of aromatic nitrogens is 1. The van der Waals surface area contributed by atoms with Gasteiger partial charge in [0, 0.05) is 23.6 Å². The molecule has 0 radical (unpaired) electrons. The van der Waals surface area contributed by atoms with Crippen LogP contribution >= 0.6 is 0 Å². The molecule has 0 aliphatic carbocycles. The average molecular weight is 312 g/mol. The number of fused-ring (bicyclic) bond motifs is 1. The van der Waals surface area contributed by atoms with Crippen LogP contribution in [0.5, 0.6) is 0 Å². The van der Waals surface area contributed by atoms with E-state index in [-0.39, 0.29) is 17.5 Å². The summed E-state index contributed by atoms with van der Waals surface area (Å²) in [5.41, 5.74) is 2.56. The Kier molecular flexibility index (Phi) is 4.12. The lowest BCUT2D eigenvalue weighted by Crippen LogP contribution is -2.28. The van der Waals surface area contributed by atoms with E-state index in [2.05, 4.69) is 10.3 Å². The number of hydrogen-bond acceptors (Lipinski definition) is 2. The number of hydrogen-bond donors (Lipinski definition) is 3. The van der Waals surface area contributed by atoms with Gasteiger partial charge in [-0.15, -0.1) is 0 Å². The number of nitrogens with one attached hydrogen (secondary N) is 2. The SMILES string of the molecule is Cc1cccc(C(O)CNC(=O)c2c[nH]c3cccc(F)c23)c1. The van der Waals surface area contributed by atoms with Gasteiger partial charge in [0.1, 0.15) is 5.82 Å². The van der Waals surface area contributed by atoms with Crippen molar-refractivity contribution in [3.8, 4) is 0 Å². The van der Waals surface area contributed by atoms with Crippen molar-refractivity contribution in [2.75, 3.05) is 6.54 Å². The van der Waals surface area contributed by atoms with Crippen LogP contribution in [0.15, 0.2) is 48.7 Å². The maximum absolute atomic E-state index is 13.9. The van der Waals surface area contributed by atoms with E-state index in [4.69, 9.17) is 0 Å². The van der Waals surface area contributed by atoms with Crippen molar-refractivity contribution in [1.82, 2.24) is 10.3 Å². The van der Waals surface area contributed by atoms with Gasteiger partial charge in [-0.3, -0.25) is 4.79 Å². The molecule has 0 aliphatic heterocycles. The number of amides is 1. The number of aryl methyl sites for hydroxylation is 1. The zero-order chi connectivity index (χ0) is 16.4. The van der Waals surface area contributed by atoms with Crippen molar-refractivity contribution in [2.24, 2.45) is 0 Å². The van der Waals surface area contributed by atoms with Crippen molar-refractivity contribution < 1.29 is 14.3 Å². The van der Waals surface area contributed by atoms with Gasteiger partial charge in [0.15, 0.2) is 0 Å². The third kappa shape index (κ3) is 3.10. The second kappa shape index (κ2) is 6.22. The molecular formula is C18H17FN2O2. The molecule has 0 aliphatic rings. The van der Waals surface area contributed by atoms with Crippen LogP contribution in [0.3, 0.4) is 0 Å². The molecule has 1 heterocycles. The Labute approximate surface area is 133 Å². The number of aromatic amines is 1. The van der Waals surface area contributed by atoms with E-state index in [0.717, 1.165) is 11.1 Å². The molecule has 0 saturated heterocycles. The van der Waals surface area contributed by atoms with Crippen LogP contribution < -0.4 is 5.32 Å². The molecule has 3 N–H and O–H groups in total. The zero-order valence-electron chi connectivity index (χ0n) is 12.6. The largest absolute Gasteiger partial charge is 0.387 e. The number of halogens is 1. The third-order valence-electron chi connectivity index (χ3n) is 3.78. The van der Waals surface area contributed by atoms with Gasteiger partial charge in [0.05, 0.1) is 11.7 Å². The Balaban J connectivity index is 1.74. The second-order valence-corrected chi connectivity index (χ2v) is 5.50. The fraction of sp³-hybridized carbons (Fsp3) is 0.167. The normalized spacial score (nSPS) is 12.3. The van der Waals surface area contributed by atoms with Crippen LogP contribution in [0.4, 0.5) is 4.39 Å². The molecule has 4 nitrogen and oxygen atoms in total. The van der Waals surface area contributed by atoms with Gasteiger partial charge in [-0.05, 0) is 24.6 Å². The highest BCUT2D eigenvalue weighted by atomic mass is 19.1. The van der Waals surface area contributed by atoms with Gasteiger partial charge in [0.2, 0.25) is 0 Å². The number of benzene rings is 2. The van der Waals surface area contributed by atoms with E-state index >= 15 is 0 Å². The standard InChI is InChI=1S/C18H17FN2O2/c1-11-4-2-5-12(8-11)16(22)10-21-18(23)13-9-20-15-7-3-6-14(19)17(13)15/h2-9,16,20,22H,10H2,1H3,(H,21,23). The van der Waals surface area contributed by atoms with Crippen molar-refractivity contribution in [3.63, 3.8) is 0 Å². The summed E-state index contributed by atoms with van der Waals surface area (Å²) in [6.45, 7) is 1.99. The quantitative estimate of drug-likeness (QED) is 0.693. The number of carbonyl (C=O) groups excluding carboxylic acids is 1. The van der Waals surface area contributed by atoms with Crippen molar-refractivity contribution >= 4 is 16.8 Å². The first kappa shape index (κ1) is 15.2. The highest BCUT2D eigenvalue weighted by molar-refractivity contribution is 6.06. The van der Waals surface area contributed by atoms with Gasteiger partial charge in [-0.2, -0.15) is 0 Å². The van der Waals surface area contributed by atoms with Crippen LogP contribution in [0, 0.1) is 12.7 Å². The summed E-state index contributed by atoms with van der Waals surface area (Å²) in [5, 5.41) is 13.1. The molecule has 0 bridgehead atoms. The Bertz CT molecular complexity index is 857. The van der Waals surface area contributed by atoms with Crippen LogP contribution in [0.25, 0.3) is 10.9 Å². The van der Waals surface area contributed by atoms with Crippen LogP contribution in [0.1, 0.15) is 27.6 Å². The number of carbonyl (C=O) groups is 1. The summed E-state index contributed by atoms with van der Waals surface area (Å²) in [4.78, 5) is 15.1. The van der Waals surface area contributed by atoms with Crippen LogP contribution in [-0.4, -0.2) is 22.5 Å². The lowest BCUT2D eigenvalue weighted by atomic mass is 10.1. The predicted molar refractivity (Wildman–Crippen MR) is 86.7 cm³/mol. The van der Waals surface area contributed by atoms with Gasteiger partial charge in [0.25, 0.3) is 5.91 Å². The molecule has 1 unspecified atom stereocenters. The summed E-state index contributed by atoms with van der Waals surface area (Å²) in [6, 6.07) is 12.0. The molecule has 0 fully saturated rings. The molecule has 2 aromatic carbocycles. The maximum Gasteiger partial charge on any atom is 0.253 e. The van der Waals surface area contributed by atoms with E-state index in [1.165, 1.54) is 12.3 Å². The molecule has 0 saturated carbocycles. The van der Waals surface area contributed by atoms with E-state index in [1.54, 1.807) is 18.2 Å². The fourth-order valence-electron chi connectivity index (χ4n) is 2.60. The summed E-state index contributed by atoms with van der Waals surface area (Å²) < 4.78 is 13.9. The number of aliphatic hydroxyl groups excluding tert-OH is 1. The average Bonchev–Trinajstić information content (AvgIpc) is 2.98. The third-order valence-corrected chi connectivity index (χ3v) is 3.78. The van der Waals surface area contributed by atoms with Gasteiger partial charge < -0.3 is 15.4 Å². The summed E-state index contributed by atoms with van der Waals surface area (Å²) in [5.74, 6) is -0.874. The first-order chi connectivity index (χ1) is 11.1. The number of rotatable bonds is 4. The highest BCUT2D eigenvalue weighted by Gasteiger charge is 2.16. The van der Waals surface area contributed by atoms with E-state index < -0.39 is 17.8 Å². The Morgan fingerprint density at radius 3 is 2.87 bits per heavy atom. The zero-order valence-corrected chi connectivity index (χ0v) is 12.6. The minimum absolute atomic E-state index is 0.0589. The lowest BCUT2D eigenvalue weighted by Gasteiger charge is -2.12. The number of H-pyrrole nitrogens is 1. The van der Waals surface area contributed by atoms with Gasteiger partial charge in [-0.1, -0.05) is 35.9 Å². The van der Waals surface area contributed by atoms with E-state index in [1.807, 2.05) is 25.1 Å². The van der Waals surface area contributed by atoms with Crippen LogP contribution in [0.2, 0.25) is 0 Å². The predicted octanol–water partition coefficient (Wildman–Crippen LogP) is 3.08. The van der Waals surface area contributed by atoms with Crippen molar-refractivity contribution in [2.45, 2.75) is 13.0 Å². The minimum Gasteiger partial charge on any atom is -0.387 e. The van der Waals surface area contributed by atoms with Crippen LogP contribution in [-0.2, 0) is 0 Å². The number of aliphatic hydroxyl groups is 1. The topological polar surface area (TPSA) is 65.1 Å². The van der Waals surface area contributed by atoms with Gasteiger partial charge >= 0.3 is 0 Å². The molecular weight excluding hydrogens is 295 g/mol. The molecule has 1 amide bonds. The van der Waals surface area contributed by atoms with E-state index in [9.17, 15) is 14.3 Å². The molecule has 0 spiro atoms. The Hall–Kier alpha value is -2.66. The summed E-state index contributed by atoms with van der Waals surface area (Å²) >= 11 is 0. The fourth-order valence-corrected chi connectivity index (χ4v) is 2.60. The molecule has 23 heavy (non-hydrogen) atoms. The molecule has 1 atom stereocenters. The first-order valence-corrected chi connectivity index (χ1v) is 7.34. The Morgan fingerprint density at radius 1 is 1.30 bits per heavy atom. The van der Waals surface area contributed by atoms with Crippen molar-refractivity contribution in [1.29, 1.82) is 0 Å². The molecule has 3 aromatic rings. The summed E-state index contributed by atoms with van der Waals surface area (Å²) in [7, 11) is 0. The highest BCUT2D eigenvalue weighted by Crippen LogP contribution is 2.21. The molecule has 3 rings (SSSR count). The van der Waals surface area contributed by atoms with Gasteiger partial charge in [-0.25, -0.2) is 4.39 Å². The maximum atomic E-state index is 13.9. The molecule has 5 heteroatoms. The monoisotopic (exact) mass is 312 g/mol. The summed E-state index contributed by atoms with van der Waals surface area (Å²) in [6.07, 6.45) is 0.663. The lowest BCUT2D eigenvalue weighted by molar-refractivity contribution is 0.0917. The minimum atomic E-state index is -0.811. The Morgan fingerprint density at radius 2 is 2.09 bits per heavy atom.